The Hall–Kier alpha value is -3.04. The van der Waals surface area contributed by atoms with Crippen LogP contribution in [0, 0.1) is 26.1 Å². The molecule has 1 saturated carbocycles. The predicted molar refractivity (Wildman–Crippen MR) is 108 cm³/mol. The Bertz CT molecular complexity index is 780. The molecule has 1 aliphatic carbocycles. The van der Waals surface area contributed by atoms with Crippen molar-refractivity contribution in [3.8, 4) is 0 Å². The lowest BCUT2D eigenvalue weighted by Crippen LogP contribution is -2.27. The molecule has 0 bridgehead atoms. The van der Waals surface area contributed by atoms with Crippen molar-refractivity contribution in [3.63, 3.8) is 0 Å². The van der Waals surface area contributed by atoms with Gasteiger partial charge < -0.3 is 4.74 Å². The third-order valence-electron chi connectivity index (χ3n) is 4.86. The number of benzene rings is 1. The highest BCUT2D eigenvalue weighted by Gasteiger charge is 2.26. The zero-order chi connectivity index (χ0) is 21.2. The summed E-state index contributed by atoms with van der Waals surface area (Å²) in [6, 6.07) is 3.31. The number of nitrogens with one attached hydrogen (secondary N) is 1. The van der Waals surface area contributed by atoms with E-state index in [9.17, 15) is 25.0 Å². The van der Waals surface area contributed by atoms with E-state index in [1.54, 1.807) is 6.92 Å². The van der Waals surface area contributed by atoms with Gasteiger partial charge >= 0.3 is 11.7 Å². The number of nitro groups is 2. The molecule has 1 atom stereocenters. The second-order valence-electron chi connectivity index (χ2n) is 6.90. The lowest BCUT2D eigenvalue weighted by molar-refractivity contribution is -0.393. The first-order valence-corrected chi connectivity index (χ1v) is 9.86. The fourth-order valence-electron chi connectivity index (χ4n) is 3.34. The van der Waals surface area contributed by atoms with Gasteiger partial charge in [0.15, 0.2) is 0 Å². The van der Waals surface area contributed by atoms with Gasteiger partial charge in [0.1, 0.15) is 5.69 Å². The standard InChI is InChI=1S/C19H26N4O6/c1-2-29-19(24)15-9-7-5-3-4-6-8-10-16(15)20-21-17-12-11-14(22(25)26)13-18(17)23(27)28/h11-13,15,21H,2-10H2,1H3/b20-16+/t15-/m1/s1. The quantitative estimate of drug-likeness (QED) is 0.414. The first-order valence-electron chi connectivity index (χ1n) is 9.86. The Morgan fingerprint density at radius 3 is 2.48 bits per heavy atom. The number of anilines is 1. The van der Waals surface area contributed by atoms with E-state index in [2.05, 4.69) is 10.5 Å². The summed E-state index contributed by atoms with van der Waals surface area (Å²) in [5.74, 6) is -0.843. The topological polar surface area (TPSA) is 137 Å². The summed E-state index contributed by atoms with van der Waals surface area (Å²) in [5, 5.41) is 26.5. The van der Waals surface area contributed by atoms with Crippen LogP contribution in [-0.4, -0.2) is 28.1 Å². The largest absolute Gasteiger partial charge is 0.465 e. The van der Waals surface area contributed by atoms with Gasteiger partial charge in [-0.15, -0.1) is 0 Å². The molecule has 1 fully saturated rings. The minimum atomic E-state index is -0.703. The number of carbonyl (C=O) groups is 1. The number of hydrogen-bond donors (Lipinski definition) is 1. The molecule has 0 unspecified atom stereocenters. The van der Waals surface area contributed by atoms with E-state index >= 15 is 0 Å². The number of nitrogens with zero attached hydrogens (tertiary/aromatic N) is 3. The molecular formula is C19H26N4O6. The molecule has 0 spiro atoms. The predicted octanol–water partition coefficient (Wildman–Crippen LogP) is 4.58. The van der Waals surface area contributed by atoms with Gasteiger partial charge in [0.2, 0.25) is 0 Å². The maximum Gasteiger partial charge on any atom is 0.314 e. The van der Waals surface area contributed by atoms with Crippen molar-refractivity contribution in [2.45, 2.75) is 58.3 Å². The monoisotopic (exact) mass is 406 g/mol. The van der Waals surface area contributed by atoms with E-state index in [0.29, 0.717) is 18.6 Å². The molecule has 0 aliphatic heterocycles. The fraction of sp³-hybridized carbons (Fsp3) is 0.579. The summed E-state index contributed by atoms with van der Waals surface area (Å²) in [5.41, 5.74) is 2.46. The number of carbonyl (C=O) groups excluding carboxylic acids is 1. The Morgan fingerprint density at radius 1 is 1.14 bits per heavy atom. The molecule has 1 N–H and O–H groups in total. The third-order valence-corrected chi connectivity index (χ3v) is 4.86. The van der Waals surface area contributed by atoms with E-state index in [-0.39, 0.29) is 24.0 Å². The highest BCUT2D eigenvalue weighted by atomic mass is 16.6. The summed E-state index contributed by atoms with van der Waals surface area (Å²) in [6.07, 6.45) is 7.24. The van der Waals surface area contributed by atoms with Crippen LogP contribution >= 0.6 is 0 Å². The Balaban J connectivity index is 2.31. The molecule has 2 rings (SSSR count). The van der Waals surface area contributed by atoms with Crippen LogP contribution in [0.25, 0.3) is 0 Å². The van der Waals surface area contributed by atoms with E-state index in [0.717, 1.165) is 44.6 Å². The molecular weight excluding hydrogens is 380 g/mol. The average Bonchev–Trinajstić information content (AvgIpc) is 2.70. The molecule has 0 amide bonds. The van der Waals surface area contributed by atoms with E-state index in [1.165, 1.54) is 12.1 Å². The van der Waals surface area contributed by atoms with Crippen LogP contribution in [0.15, 0.2) is 23.3 Å². The fourth-order valence-corrected chi connectivity index (χ4v) is 3.34. The molecule has 0 heterocycles. The summed E-state index contributed by atoms with van der Waals surface area (Å²) in [6.45, 7) is 2.01. The van der Waals surface area contributed by atoms with Crippen LogP contribution in [0.4, 0.5) is 17.1 Å². The number of hydrogen-bond acceptors (Lipinski definition) is 8. The van der Waals surface area contributed by atoms with Crippen molar-refractivity contribution < 1.29 is 19.4 Å². The van der Waals surface area contributed by atoms with Gasteiger partial charge in [-0.05, 0) is 32.3 Å². The molecule has 10 nitrogen and oxygen atoms in total. The van der Waals surface area contributed by atoms with Gasteiger partial charge in [0, 0.05) is 6.07 Å². The van der Waals surface area contributed by atoms with Crippen molar-refractivity contribution in [1.82, 2.24) is 0 Å². The van der Waals surface area contributed by atoms with Crippen LogP contribution in [0.3, 0.4) is 0 Å². The third kappa shape index (κ3) is 6.51. The molecule has 0 saturated heterocycles. The van der Waals surface area contributed by atoms with Gasteiger partial charge in [-0.2, -0.15) is 5.10 Å². The van der Waals surface area contributed by atoms with Gasteiger partial charge in [0.25, 0.3) is 5.69 Å². The summed E-state index contributed by atoms with van der Waals surface area (Å²) < 4.78 is 5.21. The first-order chi connectivity index (χ1) is 13.9. The van der Waals surface area contributed by atoms with E-state index < -0.39 is 21.5 Å². The lowest BCUT2D eigenvalue weighted by Gasteiger charge is -2.19. The van der Waals surface area contributed by atoms with Crippen molar-refractivity contribution in [2.24, 2.45) is 11.0 Å². The van der Waals surface area contributed by atoms with Gasteiger partial charge in [-0.25, -0.2) is 0 Å². The van der Waals surface area contributed by atoms with Crippen LogP contribution in [0.2, 0.25) is 0 Å². The van der Waals surface area contributed by atoms with Gasteiger partial charge in [0.05, 0.1) is 34.1 Å². The smallest absolute Gasteiger partial charge is 0.314 e. The maximum atomic E-state index is 12.5. The van der Waals surface area contributed by atoms with Crippen LogP contribution in [0.1, 0.15) is 58.3 Å². The Labute approximate surface area is 168 Å². The van der Waals surface area contributed by atoms with E-state index in [4.69, 9.17) is 4.74 Å². The van der Waals surface area contributed by atoms with Crippen molar-refractivity contribution in [1.29, 1.82) is 0 Å². The van der Waals surface area contributed by atoms with Crippen LogP contribution in [-0.2, 0) is 9.53 Å². The highest BCUT2D eigenvalue weighted by molar-refractivity contribution is 6.02. The second-order valence-corrected chi connectivity index (χ2v) is 6.90. The lowest BCUT2D eigenvalue weighted by atomic mass is 9.90. The van der Waals surface area contributed by atoms with Crippen LogP contribution < -0.4 is 5.43 Å². The normalized spacial score (nSPS) is 19.3. The van der Waals surface area contributed by atoms with Crippen molar-refractivity contribution >= 4 is 28.7 Å². The number of ether oxygens (including phenoxy) is 1. The number of nitro benzene ring substituents is 2. The van der Waals surface area contributed by atoms with Crippen molar-refractivity contribution in [3.05, 3.63) is 38.4 Å². The molecule has 1 aromatic carbocycles. The minimum Gasteiger partial charge on any atom is -0.465 e. The SMILES string of the molecule is CCOC(=O)[C@@H]1CCCCCCCC/C1=N\Nc1ccc([N+](=O)[O-])cc1[N+](=O)[O-]. The first kappa shape index (κ1) is 22.3. The Morgan fingerprint density at radius 2 is 1.83 bits per heavy atom. The number of rotatable bonds is 6. The number of esters is 1. The van der Waals surface area contributed by atoms with E-state index in [1.807, 2.05) is 0 Å². The van der Waals surface area contributed by atoms with Gasteiger partial charge in [-0.3, -0.25) is 30.4 Å². The zero-order valence-corrected chi connectivity index (χ0v) is 16.5. The molecule has 10 heteroatoms. The minimum absolute atomic E-state index is 0.0350. The Kier molecular flexibility index (Phi) is 8.50. The number of hydrazone groups is 1. The van der Waals surface area contributed by atoms with Crippen molar-refractivity contribution in [2.75, 3.05) is 12.0 Å². The summed E-state index contributed by atoms with van der Waals surface area (Å²) in [7, 11) is 0. The average molecular weight is 406 g/mol. The maximum absolute atomic E-state index is 12.5. The zero-order valence-electron chi connectivity index (χ0n) is 16.5. The number of non-ortho nitro benzene ring substituents is 1. The second kappa shape index (κ2) is 11.1. The van der Waals surface area contributed by atoms with Crippen LogP contribution in [0.5, 0.6) is 0 Å². The van der Waals surface area contributed by atoms with Gasteiger partial charge in [-0.1, -0.05) is 32.1 Å². The molecule has 158 valence electrons. The summed E-state index contributed by atoms with van der Waals surface area (Å²) in [4.78, 5) is 33.3. The molecule has 0 radical (unpaired) electrons. The molecule has 1 aliphatic rings. The molecule has 29 heavy (non-hydrogen) atoms. The molecule has 0 aromatic heterocycles. The molecule has 1 aromatic rings. The highest BCUT2D eigenvalue weighted by Crippen LogP contribution is 2.29. The summed E-state index contributed by atoms with van der Waals surface area (Å²) >= 11 is 0.